The van der Waals surface area contributed by atoms with E-state index in [-0.39, 0.29) is 17.3 Å². The van der Waals surface area contributed by atoms with Crippen molar-refractivity contribution in [1.82, 2.24) is 5.32 Å². The summed E-state index contributed by atoms with van der Waals surface area (Å²) in [5, 5.41) is 3.43. The molecule has 0 heterocycles. The van der Waals surface area contributed by atoms with E-state index in [0.29, 0.717) is 11.8 Å². The van der Waals surface area contributed by atoms with Crippen molar-refractivity contribution in [3.05, 3.63) is 30.1 Å². The summed E-state index contributed by atoms with van der Waals surface area (Å²) >= 11 is 0. The zero-order valence-electron chi connectivity index (χ0n) is 10.7. The van der Waals surface area contributed by atoms with Gasteiger partial charge < -0.3 is 10.1 Å². The number of hydrogen-bond acceptors (Lipinski definition) is 2. The maximum Gasteiger partial charge on any atom is 0.165 e. The molecular weight excluding hydrogens is 217 g/mol. The number of para-hydroxylation sites is 1. The third-order valence-corrected chi connectivity index (χ3v) is 3.73. The SMILES string of the molecule is CCNC1CC(Oc2ccccc2F)C1(C)C. The Labute approximate surface area is 102 Å². The molecule has 0 amide bonds. The Kier molecular flexibility index (Phi) is 3.38. The molecule has 1 aromatic carbocycles. The highest BCUT2D eigenvalue weighted by atomic mass is 19.1. The molecule has 0 bridgehead atoms. The Morgan fingerprint density at radius 2 is 2.12 bits per heavy atom. The molecule has 0 aromatic heterocycles. The van der Waals surface area contributed by atoms with Crippen LogP contribution in [0.15, 0.2) is 24.3 Å². The first-order valence-corrected chi connectivity index (χ1v) is 6.20. The van der Waals surface area contributed by atoms with Gasteiger partial charge in [0.05, 0.1) is 0 Å². The number of hydrogen-bond donors (Lipinski definition) is 1. The first-order chi connectivity index (χ1) is 8.05. The maximum atomic E-state index is 13.5. The Balaban J connectivity index is 2.01. The minimum Gasteiger partial charge on any atom is -0.487 e. The Morgan fingerprint density at radius 3 is 2.71 bits per heavy atom. The van der Waals surface area contributed by atoms with Crippen molar-refractivity contribution >= 4 is 0 Å². The average molecular weight is 237 g/mol. The van der Waals surface area contributed by atoms with E-state index in [0.717, 1.165) is 13.0 Å². The van der Waals surface area contributed by atoms with Gasteiger partial charge in [-0.1, -0.05) is 32.9 Å². The van der Waals surface area contributed by atoms with Crippen molar-refractivity contribution in [3.63, 3.8) is 0 Å². The van der Waals surface area contributed by atoms with Crippen molar-refractivity contribution < 1.29 is 9.13 Å². The molecular formula is C14H20FNO. The van der Waals surface area contributed by atoms with Crippen LogP contribution in [0, 0.1) is 11.2 Å². The Bertz CT molecular complexity index is 392. The number of ether oxygens (including phenoxy) is 1. The molecule has 0 spiro atoms. The zero-order valence-corrected chi connectivity index (χ0v) is 10.7. The van der Waals surface area contributed by atoms with E-state index < -0.39 is 0 Å². The fraction of sp³-hybridized carbons (Fsp3) is 0.571. The molecule has 1 aromatic rings. The van der Waals surface area contributed by atoms with Crippen molar-refractivity contribution in [3.8, 4) is 5.75 Å². The molecule has 0 radical (unpaired) electrons. The van der Waals surface area contributed by atoms with Crippen molar-refractivity contribution in [2.75, 3.05) is 6.54 Å². The summed E-state index contributed by atoms with van der Waals surface area (Å²) < 4.78 is 19.2. The second-order valence-electron chi connectivity index (χ2n) is 5.20. The smallest absolute Gasteiger partial charge is 0.165 e. The standard InChI is InChI=1S/C14H20FNO/c1-4-16-12-9-13(14(12,2)3)17-11-8-6-5-7-10(11)15/h5-8,12-13,16H,4,9H2,1-3H3. The van der Waals surface area contributed by atoms with Gasteiger partial charge in [-0.2, -0.15) is 0 Å². The van der Waals surface area contributed by atoms with Crippen LogP contribution in [0.25, 0.3) is 0 Å². The highest BCUT2D eigenvalue weighted by Gasteiger charge is 2.49. The fourth-order valence-corrected chi connectivity index (χ4v) is 2.37. The molecule has 94 valence electrons. The van der Waals surface area contributed by atoms with E-state index in [4.69, 9.17) is 4.74 Å². The van der Waals surface area contributed by atoms with Crippen LogP contribution in [-0.4, -0.2) is 18.7 Å². The molecule has 1 aliphatic carbocycles. The summed E-state index contributed by atoms with van der Waals surface area (Å²) in [5.74, 6) is 0.0794. The first-order valence-electron chi connectivity index (χ1n) is 6.20. The second-order valence-corrected chi connectivity index (χ2v) is 5.20. The van der Waals surface area contributed by atoms with Crippen LogP contribution in [0.2, 0.25) is 0 Å². The Morgan fingerprint density at radius 1 is 1.41 bits per heavy atom. The fourth-order valence-electron chi connectivity index (χ4n) is 2.37. The lowest BCUT2D eigenvalue weighted by atomic mass is 9.64. The van der Waals surface area contributed by atoms with Gasteiger partial charge >= 0.3 is 0 Å². The molecule has 3 heteroatoms. The van der Waals surface area contributed by atoms with Gasteiger partial charge in [-0.25, -0.2) is 4.39 Å². The monoisotopic (exact) mass is 237 g/mol. The van der Waals surface area contributed by atoms with Gasteiger partial charge in [-0.3, -0.25) is 0 Å². The summed E-state index contributed by atoms with van der Waals surface area (Å²) in [5.41, 5.74) is 0.0539. The second kappa shape index (κ2) is 4.65. The number of halogens is 1. The molecule has 0 saturated heterocycles. The van der Waals surface area contributed by atoms with Gasteiger partial charge in [0.15, 0.2) is 11.6 Å². The molecule has 2 nitrogen and oxygen atoms in total. The van der Waals surface area contributed by atoms with E-state index in [1.54, 1.807) is 18.2 Å². The lowest BCUT2D eigenvalue weighted by molar-refractivity contribution is -0.0558. The topological polar surface area (TPSA) is 21.3 Å². The molecule has 2 atom stereocenters. The predicted molar refractivity (Wildman–Crippen MR) is 66.7 cm³/mol. The minimum atomic E-state index is -0.282. The summed E-state index contributed by atoms with van der Waals surface area (Å²) in [6.07, 6.45) is 1.03. The van der Waals surface area contributed by atoms with E-state index in [2.05, 4.69) is 26.1 Å². The molecule has 17 heavy (non-hydrogen) atoms. The third-order valence-electron chi connectivity index (χ3n) is 3.73. The zero-order chi connectivity index (χ0) is 12.5. The van der Waals surface area contributed by atoms with Crippen LogP contribution < -0.4 is 10.1 Å². The average Bonchev–Trinajstić information content (AvgIpc) is 2.30. The maximum absolute atomic E-state index is 13.5. The first kappa shape index (κ1) is 12.4. The lowest BCUT2D eigenvalue weighted by Crippen LogP contribution is -2.62. The van der Waals surface area contributed by atoms with Gasteiger partial charge in [0, 0.05) is 17.9 Å². The van der Waals surface area contributed by atoms with Crippen LogP contribution in [0.1, 0.15) is 27.2 Å². The van der Waals surface area contributed by atoms with Crippen molar-refractivity contribution in [2.45, 2.75) is 39.3 Å². The molecule has 0 aliphatic heterocycles. The summed E-state index contributed by atoms with van der Waals surface area (Å²) in [6, 6.07) is 7.06. The predicted octanol–water partition coefficient (Wildman–Crippen LogP) is 2.98. The van der Waals surface area contributed by atoms with Crippen LogP contribution >= 0.6 is 0 Å². The number of benzene rings is 1. The molecule has 2 rings (SSSR count). The van der Waals surface area contributed by atoms with Gasteiger partial charge in [-0.15, -0.1) is 0 Å². The van der Waals surface area contributed by atoms with E-state index in [9.17, 15) is 4.39 Å². The third kappa shape index (κ3) is 2.29. The lowest BCUT2D eigenvalue weighted by Gasteiger charge is -2.51. The van der Waals surface area contributed by atoms with Gasteiger partial charge in [0.1, 0.15) is 6.10 Å². The van der Waals surface area contributed by atoms with Crippen LogP contribution in [0.5, 0.6) is 5.75 Å². The van der Waals surface area contributed by atoms with Crippen LogP contribution in [-0.2, 0) is 0 Å². The van der Waals surface area contributed by atoms with E-state index >= 15 is 0 Å². The number of rotatable bonds is 4. The van der Waals surface area contributed by atoms with Gasteiger partial charge in [0.25, 0.3) is 0 Å². The van der Waals surface area contributed by atoms with Crippen LogP contribution in [0.3, 0.4) is 0 Å². The summed E-state index contributed by atoms with van der Waals surface area (Å²) in [4.78, 5) is 0. The van der Waals surface area contributed by atoms with Crippen molar-refractivity contribution in [1.29, 1.82) is 0 Å². The Hall–Kier alpha value is -1.09. The quantitative estimate of drug-likeness (QED) is 0.869. The van der Waals surface area contributed by atoms with Gasteiger partial charge in [0.2, 0.25) is 0 Å². The van der Waals surface area contributed by atoms with Gasteiger partial charge in [-0.05, 0) is 18.7 Å². The molecule has 1 aliphatic rings. The highest BCUT2D eigenvalue weighted by molar-refractivity contribution is 5.25. The molecule has 1 saturated carbocycles. The van der Waals surface area contributed by atoms with Crippen LogP contribution in [0.4, 0.5) is 4.39 Å². The summed E-state index contributed by atoms with van der Waals surface area (Å²) in [6.45, 7) is 7.38. The van der Waals surface area contributed by atoms with E-state index in [1.165, 1.54) is 6.07 Å². The normalized spacial score (nSPS) is 26.4. The van der Waals surface area contributed by atoms with Crippen molar-refractivity contribution in [2.24, 2.45) is 5.41 Å². The summed E-state index contributed by atoms with van der Waals surface area (Å²) in [7, 11) is 0. The largest absolute Gasteiger partial charge is 0.487 e. The molecule has 1 N–H and O–H groups in total. The van der Waals surface area contributed by atoms with E-state index in [1.807, 2.05) is 0 Å². The minimum absolute atomic E-state index is 0.0539. The molecule has 2 unspecified atom stereocenters. The molecule has 1 fully saturated rings. The number of nitrogens with one attached hydrogen (secondary N) is 1. The highest BCUT2D eigenvalue weighted by Crippen LogP contribution is 2.43.